The van der Waals surface area contributed by atoms with Crippen molar-refractivity contribution in [3.8, 4) is 0 Å². The van der Waals surface area contributed by atoms with Gasteiger partial charge in [0, 0.05) is 0 Å². The number of halogens is 3. The van der Waals surface area contributed by atoms with E-state index in [1.807, 2.05) is 0 Å². The number of benzene rings is 1. The third-order valence-electron chi connectivity index (χ3n) is 2.65. The average molecular weight is 552 g/mol. The minimum Gasteiger partial charge on any atom is -0.480 e. The zero-order valence-electron chi connectivity index (χ0n) is 11.6. The molecule has 0 heterocycles. The molecule has 0 aliphatic heterocycles. The third kappa shape index (κ3) is 5.01. The van der Waals surface area contributed by atoms with E-state index in [4.69, 9.17) is 10.2 Å². The Bertz CT molecular complexity index is 757. The van der Waals surface area contributed by atoms with E-state index < -0.39 is 47.1 Å². The maximum absolute atomic E-state index is 12.5. The Labute approximate surface area is 162 Å². The lowest BCUT2D eigenvalue weighted by atomic mass is 10.2. The summed E-state index contributed by atoms with van der Waals surface area (Å²) in [6.45, 7) is -1.77. The second-order valence-electron chi connectivity index (χ2n) is 4.39. The predicted octanol–water partition coefficient (Wildman–Crippen LogP) is 1.87. The molecule has 0 unspecified atom stereocenters. The number of carboxylic acids is 2. The highest BCUT2D eigenvalue weighted by Crippen LogP contribution is 2.44. The van der Waals surface area contributed by atoms with Crippen LogP contribution in [0, 0.1) is 0 Å². The van der Waals surface area contributed by atoms with Crippen molar-refractivity contribution in [2.75, 3.05) is 13.1 Å². The molecule has 12 heteroatoms. The topological polar surface area (TPSA) is 129 Å². The third-order valence-corrected chi connectivity index (χ3v) is 8.03. The van der Waals surface area contributed by atoms with Gasteiger partial charge in [-0.2, -0.15) is 0 Å². The molecule has 8 nitrogen and oxygen atoms in total. The van der Waals surface area contributed by atoms with Crippen molar-refractivity contribution in [2.24, 2.45) is 0 Å². The summed E-state index contributed by atoms with van der Waals surface area (Å²) in [7, 11) is -4.13. The van der Waals surface area contributed by atoms with Gasteiger partial charge < -0.3 is 15.1 Å². The Kier molecular flexibility index (Phi) is 6.96. The molecule has 0 saturated carbocycles. The Morgan fingerprint density at radius 3 is 1.88 bits per heavy atom. The Hall–Kier alpha value is -0.980. The Morgan fingerprint density at radius 2 is 1.46 bits per heavy atom. The molecule has 0 radical (unpaired) electrons. The number of rotatable bonds is 6. The number of hydrogen-bond acceptors (Lipinski definition) is 5. The minimum atomic E-state index is -4.13. The Morgan fingerprint density at radius 1 is 1.00 bits per heavy atom. The van der Waals surface area contributed by atoms with Crippen LogP contribution in [0.1, 0.15) is 10.4 Å². The first-order valence-electron chi connectivity index (χ1n) is 6.01. The molecule has 0 fully saturated rings. The summed E-state index contributed by atoms with van der Waals surface area (Å²) in [5.74, 6) is -3.89. The van der Waals surface area contributed by atoms with Gasteiger partial charge >= 0.3 is 11.9 Å². The number of carbonyl (C=O) groups is 3. The fraction of sp³-hybridized carbons (Fsp3) is 0.250. The second kappa shape index (κ2) is 7.93. The van der Waals surface area contributed by atoms with Crippen molar-refractivity contribution in [3.05, 3.63) is 29.8 Å². The second-order valence-corrected chi connectivity index (χ2v) is 14.8. The molecule has 24 heavy (non-hydrogen) atoms. The molecule has 0 aliphatic rings. The molecule has 0 saturated heterocycles. The van der Waals surface area contributed by atoms with Gasteiger partial charge in [-0.15, -0.1) is 0 Å². The van der Waals surface area contributed by atoms with E-state index in [-0.39, 0.29) is 5.56 Å². The first kappa shape index (κ1) is 21.1. The van der Waals surface area contributed by atoms with Crippen LogP contribution in [0.2, 0.25) is 0 Å². The van der Waals surface area contributed by atoms with Crippen molar-refractivity contribution in [1.82, 2.24) is 4.90 Å². The van der Waals surface area contributed by atoms with E-state index in [0.717, 1.165) is 6.07 Å². The zero-order valence-corrected chi connectivity index (χ0v) is 17.2. The molecule has 1 aromatic rings. The van der Waals surface area contributed by atoms with Gasteiger partial charge in [-0.25, -0.2) is 8.42 Å². The van der Waals surface area contributed by atoms with Crippen molar-refractivity contribution >= 4 is 75.5 Å². The molecule has 0 aromatic heterocycles. The van der Waals surface area contributed by atoms with Crippen LogP contribution in [0.15, 0.2) is 29.2 Å². The van der Waals surface area contributed by atoms with Crippen molar-refractivity contribution in [2.45, 2.75) is 6.37 Å². The highest BCUT2D eigenvalue weighted by molar-refractivity contribution is 9.42. The molecule has 1 aromatic carbocycles. The first-order valence-corrected chi connectivity index (χ1v) is 9.87. The minimum absolute atomic E-state index is 0.345. The largest absolute Gasteiger partial charge is 0.480 e. The summed E-state index contributed by atoms with van der Waals surface area (Å²) < 4.78 is 23.3. The number of carbonyl (C=O) groups excluding carboxylic acids is 1. The molecular formula is C12H10Br3NO7S. The van der Waals surface area contributed by atoms with Crippen LogP contribution in [0.3, 0.4) is 0 Å². The summed E-state index contributed by atoms with van der Waals surface area (Å²) >= 11 is 8.61. The molecule has 0 aliphatic carbocycles. The number of amides is 1. The van der Waals surface area contributed by atoms with E-state index in [1.165, 1.54) is 18.2 Å². The molecular weight excluding hydrogens is 542 g/mol. The normalized spacial score (nSPS) is 11.8. The molecule has 0 spiro atoms. The number of sulfone groups is 1. The first-order chi connectivity index (χ1) is 10.9. The zero-order chi connectivity index (χ0) is 18.7. The van der Waals surface area contributed by atoms with E-state index in [0.29, 0.717) is 4.90 Å². The SMILES string of the molecule is O=C(O)CN(CC(=O)O)C(=O)c1ccccc1S(=O)(=O)C(Br)(Br)Br. The van der Waals surface area contributed by atoms with Gasteiger partial charge in [0.15, 0.2) is 0 Å². The van der Waals surface area contributed by atoms with Gasteiger partial charge in [0.2, 0.25) is 11.3 Å². The summed E-state index contributed by atoms with van der Waals surface area (Å²) in [6.07, 6.45) is 0. The Balaban J connectivity index is 3.43. The fourth-order valence-electron chi connectivity index (χ4n) is 1.70. The maximum atomic E-state index is 12.5. The van der Waals surface area contributed by atoms with Crippen LogP contribution in [0.25, 0.3) is 0 Å². The summed E-state index contributed by atoms with van der Waals surface area (Å²) in [4.78, 5) is 34.3. The lowest BCUT2D eigenvalue weighted by Gasteiger charge is -2.21. The van der Waals surface area contributed by atoms with Crippen LogP contribution in [0.5, 0.6) is 0 Å². The molecule has 132 valence electrons. The lowest BCUT2D eigenvalue weighted by molar-refractivity contribution is -0.140. The molecule has 2 N–H and O–H groups in total. The predicted molar refractivity (Wildman–Crippen MR) is 94.3 cm³/mol. The van der Waals surface area contributed by atoms with E-state index in [9.17, 15) is 22.8 Å². The highest BCUT2D eigenvalue weighted by atomic mass is 80.0. The number of alkyl halides is 3. The summed E-state index contributed by atoms with van der Waals surface area (Å²) in [5.41, 5.74) is -0.345. The standard InChI is InChI=1S/C12H10Br3NO7S/c13-12(14,15)24(22,23)8-4-2-1-3-7(8)11(21)16(5-9(17)18)6-10(19)20/h1-4H,5-6H2,(H,17,18)(H,19,20). The van der Waals surface area contributed by atoms with Gasteiger partial charge in [0.25, 0.3) is 5.91 Å². The van der Waals surface area contributed by atoms with Gasteiger partial charge in [0.1, 0.15) is 13.1 Å². The summed E-state index contributed by atoms with van der Waals surface area (Å²) in [6, 6.07) is 5.08. The number of nitrogens with zero attached hydrogens (tertiary/aromatic N) is 1. The monoisotopic (exact) mass is 549 g/mol. The van der Waals surface area contributed by atoms with Gasteiger partial charge in [-0.3, -0.25) is 14.4 Å². The van der Waals surface area contributed by atoms with Crippen LogP contribution in [0.4, 0.5) is 0 Å². The van der Waals surface area contributed by atoms with Gasteiger partial charge in [0.05, 0.1) is 10.5 Å². The molecule has 1 rings (SSSR count). The summed E-state index contributed by atoms with van der Waals surface area (Å²) in [5, 5.41) is 17.6. The maximum Gasteiger partial charge on any atom is 0.323 e. The van der Waals surface area contributed by atoms with E-state index >= 15 is 0 Å². The van der Waals surface area contributed by atoms with E-state index in [2.05, 4.69) is 47.8 Å². The highest BCUT2D eigenvalue weighted by Gasteiger charge is 2.40. The lowest BCUT2D eigenvalue weighted by Crippen LogP contribution is -2.40. The van der Waals surface area contributed by atoms with Gasteiger partial charge in [-0.05, 0) is 59.9 Å². The quantitative estimate of drug-likeness (QED) is 0.516. The van der Waals surface area contributed by atoms with Crippen LogP contribution >= 0.6 is 47.8 Å². The van der Waals surface area contributed by atoms with Crippen LogP contribution in [-0.2, 0) is 19.4 Å². The van der Waals surface area contributed by atoms with Crippen molar-refractivity contribution in [1.29, 1.82) is 0 Å². The van der Waals surface area contributed by atoms with Crippen LogP contribution in [-0.4, -0.2) is 55.9 Å². The van der Waals surface area contributed by atoms with Crippen molar-refractivity contribution in [3.63, 3.8) is 0 Å². The van der Waals surface area contributed by atoms with E-state index in [1.54, 1.807) is 0 Å². The smallest absolute Gasteiger partial charge is 0.323 e. The van der Waals surface area contributed by atoms with Gasteiger partial charge in [-0.1, -0.05) is 12.1 Å². The van der Waals surface area contributed by atoms with Crippen LogP contribution < -0.4 is 0 Å². The molecule has 1 amide bonds. The average Bonchev–Trinajstić information content (AvgIpc) is 2.43. The number of carboxylic acid groups (broad SMARTS) is 2. The molecule has 0 atom stereocenters. The number of aliphatic carboxylic acids is 2. The van der Waals surface area contributed by atoms with Crippen molar-refractivity contribution < 1.29 is 33.0 Å². The number of hydrogen-bond donors (Lipinski definition) is 2. The fourth-order valence-corrected chi connectivity index (χ4v) is 4.22. The molecule has 0 bridgehead atoms.